The summed E-state index contributed by atoms with van der Waals surface area (Å²) in [5.41, 5.74) is -2.29. The van der Waals surface area contributed by atoms with Gasteiger partial charge in [0.1, 0.15) is 0 Å². The topological polar surface area (TPSA) is 170 Å². The quantitative estimate of drug-likeness (QED) is 0.302. The van der Waals surface area contributed by atoms with E-state index in [9.17, 15) is 29.3 Å². The number of nitro benzene ring substituents is 1. The van der Waals surface area contributed by atoms with Crippen molar-refractivity contribution in [2.75, 3.05) is 0 Å². The normalized spacial score (nSPS) is 11.2. The lowest BCUT2D eigenvalue weighted by Gasteiger charge is -2.15. The Morgan fingerprint density at radius 1 is 0.862 bits per heavy atom. The second-order valence-electron chi connectivity index (χ2n) is 5.52. The van der Waals surface area contributed by atoms with Gasteiger partial charge in [-0.05, 0) is 18.2 Å². The third-order valence-corrected chi connectivity index (χ3v) is 3.59. The lowest BCUT2D eigenvalue weighted by atomic mass is 10.1. The summed E-state index contributed by atoms with van der Waals surface area (Å²) in [6.07, 6.45) is -1.51. The van der Waals surface area contributed by atoms with Crippen molar-refractivity contribution >= 4 is 29.6 Å². The number of nitro groups is 1. The van der Waals surface area contributed by atoms with E-state index < -0.39 is 51.9 Å². The van der Waals surface area contributed by atoms with Gasteiger partial charge in [-0.25, -0.2) is 19.2 Å². The summed E-state index contributed by atoms with van der Waals surface area (Å²) in [5, 5.41) is 29.0. The Morgan fingerprint density at radius 2 is 1.34 bits per heavy atom. The number of carbonyl (C=O) groups is 4. The van der Waals surface area contributed by atoms with Crippen LogP contribution in [0.3, 0.4) is 0 Å². The number of non-ortho nitro benzene ring substituents is 1. The van der Waals surface area contributed by atoms with Gasteiger partial charge in [-0.1, -0.05) is 12.1 Å². The number of hydrogen-bond donors (Lipinski definition) is 2. The fourth-order valence-corrected chi connectivity index (χ4v) is 2.30. The Hall–Kier alpha value is -4.28. The van der Waals surface area contributed by atoms with Crippen molar-refractivity contribution in [2.45, 2.75) is 13.2 Å². The highest BCUT2D eigenvalue weighted by Crippen LogP contribution is 2.20. The van der Waals surface area contributed by atoms with Crippen LogP contribution < -0.4 is 0 Å². The summed E-state index contributed by atoms with van der Waals surface area (Å²) in [7, 11) is 0. The SMILES string of the molecule is CC(OC(=O)c1ccccc1C(=O)O)OC(=O)c1ccc([N+](=O)[O-])cc1C(=O)O. The van der Waals surface area contributed by atoms with E-state index >= 15 is 0 Å². The third-order valence-electron chi connectivity index (χ3n) is 3.59. The van der Waals surface area contributed by atoms with E-state index in [0.717, 1.165) is 19.1 Å². The molecule has 0 amide bonds. The maximum absolute atomic E-state index is 12.2. The van der Waals surface area contributed by atoms with Crippen LogP contribution in [0.1, 0.15) is 48.4 Å². The maximum Gasteiger partial charge on any atom is 0.342 e. The summed E-state index contributed by atoms with van der Waals surface area (Å²) < 4.78 is 9.74. The summed E-state index contributed by atoms with van der Waals surface area (Å²) in [6.45, 7) is 1.16. The molecule has 0 aromatic heterocycles. The van der Waals surface area contributed by atoms with Crippen LogP contribution in [0.2, 0.25) is 0 Å². The Kier molecular flexibility index (Phi) is 6.24. The summed E-state index contributed by atoms with van der Waals surface area (Å²) in [4.78, 5) is 56.7. The zero-order valence-electron chi connectivity index (χ0n) is 14.7. The van der Waals surface area contributed by atoms with Crippen molar-refractivity contribution in [2.24, 2.45) is 0 Å². The van der Waals surface area contributed by atoms with Gasteiger partial charge in [0.2, 0.25) is 6.29 Å². The molecular weight excluding hydrogens is 390 g/mol. The van der Waals surface area contributed by atoms with Crippen LogP contribution in [0.15, 0.2) is 42.5 Å². The van der Waals surface area contributed by atoms with Gasteiger partial charge in [0.25, 0.3) is 5.69 Å². The molecule has 0 saturated heterocycles. The molecule has 29 heavy (non-hydrogen) atoms. The molecule has 0 aliphatic carbocycles. The lowest BCUT2D eigenvalue weighted by Crippen LogP contribution is -2.24. The highest BCUT2D eigenvalue weighted by Gasteiger charge is 2.25. The Balaban J connectivity index is 2.17. The van der Waals surface area contributed by atoms with Gasteiger partial charge >= 0.3 is 23.9 Å². The van der Waals surface area contributed by atoms with Gasteiger partial charge in [0.15, 0.2) is 0 Å². The fourth-order valence-electron chi connectivity index (χ4n) is 2.30. The minimum Gasteiger partial charge on any atom is -0.478 e. The molecule has 1 unspecified atom stereocenters. The molecule has 0 aliphatic rings. The fraction of sp³-hybridized carbons (Fsp3) is 0.111. The maximum atomic E-state index is 12.2. The first-order chi connectivity index (χ1) is 13.6. The molecule has 150 valence electrons. The second kappa shape index (κ2) is 8.61. The number of carbonyl (C=O) groups excluding carboxylic acids is 2. The summed E-state index contributed by atoms with van der Waals surface area (Å²) in [5.74, 6) is -5.24. The van der Waals surface area contributed by atoms with E-state index in [1.54, 1.807) is 0 Å². The molecule has 0 spiro atoms. The minimum atomic E-state index is -1.60. The molecule has 0 fully saturated rings. The van der Waals surface area contributed by atoms with Crippen LogP contribution in [0.5, 0.6) is 0 Å². The molecule has 0 saturated carbocycles. The molecule has 2 aromatic carbocycles. The van der Waals surface area contributed by atoms with Gasteiger partial charge < -0.3 is 19.7 Å². The zero-order chi connectivity index (χ0) is 21.7. The van der Waals surface area contributed by atoms with Crippen LogP contribution in [-0.2, 0) is 9.47 Å². The zero-order valence-corrected chi connectivity index (χ0v) is 14.7. The molecular formula is C18H13NO10. The molecule has 2 N–H and O–H groups in total. The van der Waals surface area contributed by atoms with Gasteiger partial charge in [-0.3, -0.25) is 10.1 Å². The average molecular weight is 403 g/mol. The summed E-state index contributed by atoms with van der Waals surface area (Å²) >= 11 is 0. The lowest BCUT2D eigenvalue weighted by molar-refractivity contribution is -0.384. The summed E-state index contributed by atoms with van der Waals surface area (Å²) in [6, 6.07) is 7.73. The van der Waals surface area contributed by atoms with Crippen molar-refractivity contribution in [1.82, 2.24) is 0 Å². The largest absolute Gasteiger partial charge is 0.478 e. The van der Waals surface area contributed by atoms with E-state index in [4.69, 9.17) is 19.7 Å². The number of carboxylic acids is 2. The van der Waals surface area contributed by atoms with Crippen LogP contribution in [-0.4, -0.2) is 45.3 Å². The van der Waals surface area contributed by atoms with E-state index in [1.165, 1.54) is 24.3 Å². The predicted octanol–water partition coefficient (Wildman–Crippen LogP) is 2.35. The Morgan fingerprint density at radius 3 is 1.83 bits per heavy atom. The van der Waals surface area contributed by atoms with E-state index in [-0.39, 0.29) is 11.1 Å². The number of aromatic carboxylic acids is 2. The Labute approximate surface area is 162 Å². The molecule has 2 aromatic rings. The van der Waals surface area contributed by atoms with Crippen molar-refractivity contribution in [3.63, 3.8) is 0 Å². The van der Waals surface area contributed by atoms with Crippen molar-refractivity contribution in [1.29, 1.82) is 0 Å². The number of rotatable bonds is 7. The number of ether oxygens (including phenoxy) is 2. The first-order valence-corrected chi connectivity index (χ1v) is 7.87. The van der Waals surface area contributed by atoms with Gasteiger partial charge in [-0.2, -0.15) is 0 Å². The van der Waals surface area contributed by atoms with Crippen LogP contribution in [0.4, 0.5) is 5.69 Å². The highest BCUT2D eigenvalue weighted by atomic mass is 16.7. The van der Waals surface area contributed by atoms with E-state index in [1.807, 2.05) is 0 Å². The van der Waals surface area contributed by atoms with Crippen molar-refractivity contribution < 1.29 is 43.8 Å². The standard InChI is InChI=1S/C18H13NO10/c1-9(28-17(24)12-5-3-2-4-11(12)15(20)21)29-18(25)13-7-6-10(19(26)27)8-14(13)16(22)23/h2-9H,1H3,(H,20,21)(H,22,23). The predicted molar refractivity (Wildman–Crippen MR) is 93.8 cm³/mol. The number of nitrogens with zero attached hydrogens (tertiary/aromatic N) is 1. The number of benzene rings is 2. The van der Waals surface area contributed by atoms with Crippen LogP contribution >= 0.6 is 0 Å². The number of carboxylic acid groups (broad SMARTS) is 2. The average Bonchev–Trinajstić information content (AvgIpc) is 2.66. The van der Waals surface area contributed by atoms with Crippen LogP contribution in [0.25, 0.3) is 0 Å². The smallest absolute Gasteiger partial charge is 0.342 e. The van der Waals surface area contributed by atoms with Crippen molar-refractivity contribution in [3.8, 4) is 0 Å². The number of esters is 2. The second-order valence-corrected chi connectivity index (χ2v) is 5.52. The first kappa shape index (κ1) is 21.0. The molecule has 0 radical (unpaired) electrons. The van der Waals surface area contributed by atoms with E-state index in [0.29, 0.717) is 6.07 Å². The molecule has 0 bridgehead atoms. The van der Waals surface area contributed by atoms with Gasteiger partial charge in [0, 0.05) is 19.1 Å². The Bertz CT molecular complexity index is 1010. The third kappa shape index (κ3) is 4.91. The molecule has 2 rings (SSSR count). The molecule has 0 aliphatic heterocycles. The molecule has 11 heteroatoms. The minimum absolute atomic E-state index is 0.274. The van der Waals surface area contributed by atoms with E-state index in [2.05, 4.69) is 0 Å². The van der Waals surface area contributed by atoms with Gasteiger partial charge in [-0.15, -0.1) is 0 Å². The molecule has 11 nitrogen and oxygen atoms in total. The van der Waals surface area contributed by atoms with Crippen LogP contribution in [0, 0.1) is 10.1 Å². The first-order valence-electron chi connectivity index (χ1n) is 7.87. The molecule has 1 atom stereocenters. The number of hydrogen-bond acceptors (Lipinski definition) is 8. The van der Waals surface area contributed by atoms with Crippen molar-refractivity contribution in [3.05, 3.63) is 74.8 Å². The highest BCUT2D eigenvalue weighted by molar-refractivity contribution is 6.04. The molecule has 0 heterocycles. The monoisotopic (exact) mass is 403 g/mol. The van der Waals surface area contributed by atoms with Gasteiger partial charge in [0.05, 0.1) is 27.2 Å².